The third-order valence-corrected chi connectivity index (χ3v) is 6.41. The summed E-state index contributed by atoms with van der Waals surface area (Å²) in [4.78, 5) is 18.3. The number of carbonyl (C=O) groups is 1. The van der Waals surface area contributed by atoms with E-state index in [4.69, 9.17) is 0 Å². The van der Waals surface area contributed by atoms with Crippen LogP contribution < -0.4 is 16.0 Å². The first-order valence-corrected chi connectivity index (χ1v) is 12.7. The van der Waals surface area contributed by atoms with Crippen LogP contribution in [-0.2, 0) is 0 Å². The SMILES string of the molecule is C/C=C\C=C/CC(CCC)c1cnc(Nc2ccc(C(=O)NCCNc3ccccc3)cc2)s1. The van der Waals surface area contributed by atoms with E-state index in [0.717, 1.165) is 35.8 Å². The highest BCUT2D eigenvalue weighted by Crippen LogP contribution is 2.33. The van der Waals surface area contributed by atoms with Crippen molar-refractivity contribution >= 4 is 33.8 Å². The Morgan fingerprint density at radius 1 is 1.03 bits per heavy atom. The van der Waals surface area contributed by atoms with Crippen LogP contribution in [0.2, 0.25) is 0 Å². The lowest BCUT2D eigenvalue weighted by atomic mass is 9.98. The molecule has 6 heteroatoms. The van der Waals surface area contributed by atoms with Gasteiger partial charge in [-0.2, -0.15) is 0 Å². The Morgan fingerprint density at radius 2 is 1.82 bits per heavy atom. The number of amides is 1. The fourth-order valence-corrected chi connectivity index (χ4v) is 4.54. The molecule has 1 aromatic heterocycles. The van der Waals surface area contributed by atoms with Crippen molar-refractivity contribution in [2.45, 2.75) is 39.0 Å². The van der Waals surface area contributed by atoms with Gasteiger partial charge in [0.1, 0.15) is 0 Å². The average molecular weight is 475 g/mol. The van der Waals surface area contributed by atoms with Crippen LogP contribution in [-0.4, -0.2) is 24.0 Å². The first-order valence-electron chi connectivity index (χ1n) is 11.9. The number of anilines is 3. The van der Waals surface area contributed by atoms with Crippen LogP contribution >= 0.6 is 11.3 Å². The Hall–Kier alpha value is -3.38. The summed E-state index contributed by atoms with van der Waals surface area (Å²) in [6, 6.07) is 17.5. The third-order valence-electron chi connectivity index (χ3n) is 5.34. The maximum absolute atomic E-state index is 12.4. The summed E-state index contributed by atoms with van der Waals surface area (Å²) in [5.74, 6) is 0.410. The summed E-state index contributed by atoms with van der Waals surface area (Å²) in [5, 5.41) is 10.5. The fourth-order valence-electron chi connectivity index (χ4n) is 3.56. The molecule has 0 fully saturated rings. The van der Waals surface area contributed by atoms with Crippen molar-refractivity contribution < 1.29 is 4.79 Å². The van der Waals surface area contributed by atoms with E-state index in [1.807, 2.05) is 73.8 Å². The van der Waals surface area contributed by atoms with Crippen LogP contribution in [0.15, 0.2) is 85.1 Å². The largest absolute Gasteiger partial charge is 0.383 e. The molecule has 5 nitrogen and oxygen atoms in total. The highest BCUT2D eigenvalue weighted by molar-refractivity contribution is 7.15. The number of hydrogen-bond donors (Lipinski definition) is 3. The van der Waals surface area contributed by atoms with E-state index in [9.17, 15) is 4.79 Å². The topological polar surface area (TPSA) is 66.0 Å². The normalized spacial score (nSPS) is 12.2. The number of rotatable bonds is 13. The van der Waals surface area contributed by atoms with Gasteiger partial charge >= 0.3 is 0 Å². The standard InChI is InChI=1S/C28H34N4OS/c1-3-5-6-8-12-22(11-4-2)26-21-31-28(34-26)32-25-17-15-23(16-18-25)27(33)30-20-19-29-24-13-9-7-10-14-24/h3,5-10,13-18,21-22,29H,4,11-12,19-20H2,1-2H3,(H,30,33)(H,31,32)/b5-3-,8-6-. The number of carbonyl (C=O) groups excluding carboxylic acids is 1. The molecule has 0 bridgehead atoms. The minimum atomic E-state index is -0.0775. The Kier molecular flexibility index (Phi) is 10.4. The lowest BCUT2D eigenvalue weighted by Gasteiger charge is -2.11. The molecule has 3 N–H and O–H groups in total. The Morgan fingerprint density at radius 3 is 2.56 bits per heavy atom. The highest BCUT2D eigenvalue weighted by atomic mass is 32.1. The molecule has 3 rings (SSSR count). The quantitative estimate of drug-likeness (QED) is 0.182. The zero-order chi connectivity index (χ0) is 24.0. The van der Waals surface area contributed by atoms with Crippen molar-refractivity contribution in [1.82, 2.24) is 10.3 Å². The molecule has 1 amide bonds. The summed E-state index contributed by atoms with van der Waals surface area (Å²) in [6.45, 7) is 5.48. The maximum Gasteiger partial charge on any atom is 0.251 e. The second-order valence-corrected chi connectivity index (χ2v) is 9.06. The Labute approximate surface area is 207 Å². The predicted octanol–water partition coefficient (Wildman–Crippen LogP) is 7.13. The van der Waals surface area contributed by atoms with E-state index in [1.54, 1.807) is 11.3 Å². The molecular weight excluding hydrogens is 440 g/mol. The molecule has 3 aromatic rings. The van der Waals surface area contributed by atoms with Gasteiger partial charge in [-0.15, -0.1) is 11.3 Å². The van der Waals surface area contributed by atoms with E-state index in [0.29, 0.717) is 24.6 Å². The molecule has 0 aliphatic heterocycles. The molecule has 178 valence electrons. The van der Waals surface area contributed by atoms with Crippen LogP contribution in [0.1, 0.15) is 54.3 Å². The Balaban J connectivity index is 1.49. The summed E-state index contributed by atoms with van der Waals surface area (Å²) in [5.41, 5.74) is 2.60. The second kappa shape index (κ2) is 14.0. The summed E-state index contributed by atoms with van der Waals surface area (Å²) in [6.07, 6.45) is 13.7. The molecular formula is C28H34N4OS. The zero-order valence-electron chi connectivity index (χ0n) is 20.0. The molecule has 0 aliphatic carbocycles. The minimum Gasteiger partial charge on any atom is -0.383 e. The van der Waals surface area contributed by atoms with Gasteiger partial charge in [0.15, 0.2) is 5.13 Å². The number of thiazole rings is 1. The van der Waals surface area contributed by atoms with Crippen molar-refractivity contribution in [3.05, 3.63) is 95.5 Å². The lowest BCUT2D eigenvalue weighted by molar-refractivity contribution is 0.0955. The predicted molar refractivity (Wildman–Crippen MR) is 145 cm³/mol. The van der Waals surface area contributed by atoms with Crippen molar-refractivity contribution in [2.24, 2.45) is 0 Å². The molecule has 0 aliphatic rings. The van der Waals surface area contributed by atoms with Gasteiger partial charge in [0.25, 0.3) is 5.91 Å². The lowest BCUT2D eigenvalue weighted by Crippen LogP contribution is -2.28. The molecule has 2 aromatic carbocycles. The van der Waals surface area contributed by atoms with Gasteiger partial charge in [0.05, 0.1) is 0 Å². The summed E-state index contributed by atoms with van der Waals surface area (Å²) >= 11 is 1.70. The van der Waals surface area contributed by atoms with Crippen LogP contribution in [0.4, 0.5) is 16.5 Å². The van der Waals surface area contributed by atoms with Gasteiger partial charge in [-0.1, -0.05) is 55.8 Å². The van der Waals surface area contributed by atoms with Gasteiger partial charge in [0.2, 0.25) is 0 Å². The summed E-state index contributed by atoms with van der Waals surface area (Å²) < 4.78 is 0. The van der Waals surface area contributed by atoms with E-state index in [-0.39, 0.29) is 5.91 Å². The fraction of sp³-hybridized carbons (Fsp3) is 0.286. The highest BCUT2D eigenvalue weighted by Gasteiger charge is 2.13. The summed E-state index contributed by atoms with van der Waals surface area (Å²) in [7, 11) is 0. The van der Waals surface area contributed by atoms with E-state index in [1.165, 1.54) is 4.88 Å². The molecule has 0 radical (unpaired) electrons. The molecule has 1 heterocycles. The minimum absolute atomic E-state index is 0.0775. The van der Waals surface area contributed by atoms with Gasteiger partial charge in [-0.05, 0) is 62.1 Å². The van der Waals surface area contributed by atoms with Gasteiger partial charge < -0.3 is 16.0 Å². The van der Waals surface area contributed by atoms with Crippen molar-refractivity contribution in [1.29, 1.82) is 0 Å². The first-order chi connectivity index (χ1) is 16.7. The van der Waals surface area contributed by atoms with Crippen LogP contribution in [0, 0.1) is 0 Å². The number of allylic oxidation sites excluding steroid dienone is 4. The number of aromatic nitrogens is 1. The first kappa shape index (κ1) is 25.2. The molecule has 0 saturated heterocycles. The molecule has 0 spiro atoms. The number of benzene rings is 2. The molecule has 1 unspecified atom stereocenters. The number of hydrogen-bond acceptors (Lipinski definition) is 5. The van der Waals surface area contributed by atoms with E-state index < -0.39 is 0 Å². The van der Waals surface area contributed by atoms with Gasteiger partial charge in [0, 0.05) is 41.1 Å². The van der Waals surface area contributed by atoms with E-state index in [2.05, 4.69) is 46.1 Å². The van der Waals surface area contributed by atoms with E-state index >= 15 is 0 Å². The number of nitrogens with zero attached hydrogens (tertiary/aromatic N) is 1. The van der Waals surface area contributed by atoms with Crippen molar-refractivity contribution in [3.63, 3.8) is 0 Å². The number of para-hydroxylation sites is 1. The molecule has 0 saturated carbocycles. The van der Waals surface area contributed by atoms with Crippen LogP contribution in [0.3, 0.4) is 0 Å². The smallest absolute Gasteiger partial charge is 0.251 e. The van der Waals surface area contributed by atoms with Gasteiger partial charge in [-0.3, -0.25) is 4.79 Å². The van der Waals surface area contributed by atoms with Gasteiger partial charge in [-0.25, -0.2) is 4.98 Å². The van der Waals surface area contributed by atoms with Crippen molar-refractivity contribution in [2.75, 3.05) is 23.7 Å². The monoisotopic (exact) mass is 474 g/mol. The Bertz CT molecular complexity index is 1060. The average Bonchev–Trinajstić information content (AvgIpc) is 3.33. The molecule has 34 heavy (non-hydrogen) atoms. The van der Waals surface area contributed by atoms with Crippen LogP contribution in [0.5, 0.6) is 0 Å². The third kappa shape index (κ3) is 8.19. The molecule has 1 atom stereocenters. The zero-order valence-corrected chi connectivity index (χ0v) is 20.8. The van der Waals surface area contributed by atoms with Crippen LogP contribution in [0.25, 0.3) is 0 Å². The second-order valence-electron chi connectivity index (χ2n) is 7.99. The van der Waals surface area contributed by atoms with Crippen molar-refractivity contribution in [3.8, 4) is 0 Å². The number of nitrogens with one attached hydrogen (secondary N) is 3. The maximum atomic E-state index is 12.4.